The second-order valence-electron chi connectivity index (χ2n) is 1.88. The van der Waals surface area contributed by atoms with Crippen molar-refractivity contribution in [3.05, 3.63) is 19.0 Å². The molecule has 1 rings (SSSR count). The first kappa shape index (κ1) is 7.33. The SMILES string of the molecule is C=CNc1nc(N)ncc1N. The van der Waals surface area contributed by atoms with Gasteiger partial charge in [0.05, 0.1) is 11.9 Å². The maximum Gasteiger partial charge on any atom is 0.222 e. The molecule has 0 saturated heterocycles. The zero-order chi connectivity index (χ0) is 8.27. The monoisotopic (exact) mass is 151 g/mol. The fourth-order valence-electron chi connectivity index (χ4n) is 0.617. The Balaban J connectivity index is 3.01. The Morgan fingerprint density at radius 1 is 1.55 bits per heavy atom. The molecule has 1 aromatic rings. The topological polar surface area (TPSA) is 89.8 Å². The van der Waals surface area contributed by atoms with E-state index in [1.165, 1.54) is 12.4 Å². The van der Waals surface area contributed by atoms with E-state index in [-0.39, 0.29) is 5.95 Å². The molecule has 1 aromatic heterocycles. The van der Waals surface area contributed by atoms with Crippen LogP contribution in [-0.4, -0.2) is 9.97 Å². The first-order chi connectivity index (χ1) is 5.24. The van der Waals surface area contributed by atoms with Crippen molar-refractivity contribution < 1.29 is 0 Å². The molecule has 5 nitrogen and oxygen atoms in total. The van der Waals surface area contributed by atoms with Crippen molar-refractivity contribution in [3.8, 4) is 0 Å². The number of anilines is 3. The first-order valence-corrected chi connectivity index (χ1v) is 2.99. The fourth-order valence-corrected chi connectivity index (χ4v) is 0.617. The standard InChI is InChI=1S/C6H9N5/c1-2-9-5-4(7)3-10-6(8)11-5/h2-3H,1,7H2,(H3,8,9,10,11). The zero-order valence-corrected chi connectivity index (χ0v) is 5.91. The lowest BCUT2D eigenvalue weighted by molar-refractivity contribution is 1.19. The van der Waals surface area contributed by atoms with Gasteiger partial charge in [0.2, 0.25) is 5.95 Å². The fraction of sp³-hybridized carbons (Fsp3) is 0. The van der Waals surface area contributed by atoms with Gasteiger partial charge < -0.3 is 16.8 Å². The number of hydrogen-bond donors (Lipinski definition) is 3. The van der Waals surface area contributed by atoms with Crippen molar-refractivity contribution in [2.24, 2.45) is 0 Å². The molecular formula is C6H9N5. The molecule has 0 saturated carbocycles. The molecule has 1 heterocycles. The van der Waals surface area contributed by atoms with Crippen LogP contribution in [0.4, 0.5) is 17.5 Å². The zero-order valence-electron chi connectivity index (χ0n) is 5.91. The molecule has 0 atom stereocenters. The Morgan fingerprint density at radius 3 is 2.91 bits per heavy atom. The minimum atomic E-state index is 0.184. The number of aromatic nitrogens is 2. The van der Waals surface area contributed by atoms with E-state index in [4.69, 9.17) is 11.5 Å². The van der Waals surface area contributed by atoms with E-state index in [9.17, 15) is 0 Å². The lowest BCUT2D eigenvalue weighted by Gasteiger charge is -2.02. The van der Waals surface area contributed by atoms with E-state index in [0.717, 1.165) is 0 Å². The maximum absolute atomic E-state index is 5.48. The van der Waals surface area contributed by atoms with Gasteiger partial charge in [-0.1, -0.05) is 6.58 Å². The van der Waals surface area contributed by atoms with E-state index in [2.05, 4.69) is 21.9 Å². The van der Waals surface area contributed by atoms with Gasteiger partial charge in [-0.05, 0) is 6.20 Å². The van der Waals surface area contributed by atoms with Gasteiger partial charge in [0.25, 0.3) is 0 Å². The van der Waals surface area contributed by atoms with E-state index in [1.54, 1.807) is 0 Å². The number of nitrogens with zero attached hydrogens (tertiary/aromatic N) is 2. The van der Waals surface area contributed by atoms with E-state index >= 15 is 0 Å². The Kier molecular flexibility index (Phi) is 1.91. The second kappa shape index (κ2) is 2.87. The van der Waals surface area contributed by atoms with Crippen LogP contribution in [0.3, 0.4) is 0 Å². The molecule has 0 fully saturated rings. The van der Waals surface area contributed by atoms with Crippen LogP contribution in [0.15, 0.2) is 19.0 Å². The highest BCUT2D eigenvalue weighted by Gasteiger charge is 1.98. The van der Waals surface area contributed by atoms with Gasteiger partial charge in [0, 0.05) is 0 Å². The van der Waals surface area contributed by atoms with Crippen LogP contribution in [0.1, 0.15) is 0 Å². The van der Waals surface area contributed by atoms with Gasteiger partial charge in [-0.15, -0.1) is 0 Å². The molecule has 0 radical (unpaired) electrons. The third-order valence-corrected chi connectivity index (χ3v) is 1.07. The maximum atomic E-state index is 5.48. The van der Waals surface area contributed by atoms with Gasteiger partial charge in [-0.2, -0.15) is 4.98 Å². The quantitative estimate of drug-likeness (QED) is 0.561. The van der Waals surface area contributed by atoms with Crippen molar-refractivity contribution in [2.45, 2.75) is 0 Å². The number of nitrogens with two attached hydrogens (primary N) is 2. The highest BCUT2D eigenvalue weighted by Crippen LogP contribution is 2.13. The molecule has 5 heteroatoms. The lowest BCUT2D eigenvalue weighted by atomic mass is 10.5. The van der Waals surface area contributed by atoms with Crippen LogP contribution in [0.25, 0.3) is 0 Å². The molecular weight excluding hydrogens is 142 g/mol. The normalized spacial score (nSPS) is 9.09. The average Bonchev–Trinajstić information content (AvgIpc) is 1.98. The number of hydrogen-bond acceptors (Lipinski definition) is 5. The predicted molar refractivity (Wildman–Crippen MR) is 44.7 cm³/mol. The van der Waals surface area contributed by atoms with Crippen molar-refractivity contribution in [3.63, 3.8) is 0 Å². The predicted octanol–water partition coefficient (Wildman–Crippen LogP) is 0.196. The minimum Gasteiger partial charge on any atom is -0.394 e. The molecule has 0 aliphatic heterocycles. The molecule has 0 amide bonds. The van der Waals surface area contributed by atoms with Crippen LogP contribution in [0.2, 0.25) is 0 Å². The first-order valence-electron chi connectivity index (χ1n) is 2.99. The van der Waals surface area contributed by atoms with E-state index in [1.807, 2.05) is 0 Å². The average molecular weight is 151 g/mol. The summed E-state index contributed by atoms with van der Waals surface area (Å²) >= 11 is 0. The third kappa shape index (κ3) is 1.57. The molecule has 0 aliphatic rings. The Bertz CT molecular complexity index is 270. The largest absolute Gasteiger partial charge is 0.394 e. The highest BCUT2D eigenvalue weighted by molar-refractivity contribution is 5.62. The molecule has 58 valence electrons. The van der Waals surface area contributed by atoms with Crippen molar-refractivity contribution in [1.82, 2.24) is 9.97 Å². The van der Waals surface area contributed by atoms with E-state index in [0.29, 0.717) is 11.5 Å². The highest BCUT2D eigenvalue weighted by atomic mass is 15.1. The van der Waals surface area contributed by atoms with Crippen LogP contribution >= 0.6 is 0 Å². The van der Waals surface area contributed by atoms with Gasteiger partial charge in [-0.25, -0.2) is 4.98 Å². The summed E-state index contributed by atoms with van der Waals surface area (Å²) in [5.74, 6) is 0.663. The molecule has 0 aliphatic carbocycles. The summed E-state index contributed by atoms with van der Waals surface area (Å²) in [7, 11) is 0. The van der Waals surface area contributed by atoms with Gasteiger partial charge in [0.15, 0.2) is 5.82 Å². The second-order valence-corrected chi connectivity index (χ2v) is 1.88. The van der Waals surface area contributed by atoms with Gasteiger partial charge in [0.1, 0.15) is 0 Å². The van der Waals surface area contributed by atoms with Crippen LogP contribution in [0.5, 0.6) is 0 Å². The Labute approximate surface area is 64.1 Å². The lowest BCUT2D eigenvalue weighted by Crippen LogP contribution is -2.02. The Hall–Kier alpha value is -1.78. The van der Waals surface area contributed by atoms with Crippen molar-refractivity contribution in [1.29, 1.82) is 0 Å². The van der Waals surface area contributed by atoms with Gasteiger partial charge >= 0.3 is 0 Å². The third-order valence-electron chi connectivity index (χ3n) is 1.07. The van der Waals surface area contributed by atoms with Crippen molar-refractivity contribution >= 4 is 17.5 Å². The summed E-state index contributed by atoms with van der Waals surface area (Å²) in [6, 6.07) is 0. The molecule has 0 unspecified atom stereocenters. The summed E-state index contributed by atoms with van der Waals surface area (Å²) in [5, 5.41) is 2.72. The molecule has 0 bridgehead atoms. The van der Waals surface area contributed by atoms with Crippen molar-refractivity contribution in [2.75, 3.05) is 16.8 Å². The summed E-state index contributed by atoms with van der Waals surface area (Å²) in [6.45, 7) is 3.46. The smallest absolute Gasteiger partial charge is 0.222 e. The molecule has 5 N–H and O–H groups in total. The summed E-state index contributed by atoms with van der Waals surface area (Å²) in [6.07, 6.45) is 2.91. The number of nitrogens with one attached hydrogen (secondary N) is 1. The summed E-state index contributed by atoms with van der Waals surface area (Å²) in [5.41, 5.74) is 11.2. The Morgan fingerprint density at radius 2 is 2.27 bits per heavy atom. The molecule has 0 aromatic carbocycles. The number of rotatable bonds is 2. The summed E-state index contributed by atoms with van der Waals surface area (Å²) < 4.78 is 0. The van der Waals surface area contributed by atoms with Gasteiger partial charge in [-0.3, -0.25) is 0 Å². The number of nitrogen functional groups attached to an aromatic ring is 2. The molecule has 11 heavy (non-hydrogen) atoms. The van der Waals surface area contributed by atoms with Crippen LogP contribution in [0, 0.1) is 0 Å². The van der Waals surface area contributed by atoms with E-state index < -0.39 is 0 Å². The van der Waals surface area contributed by atoms with Crippen LogP contribution in [-0.2, 0) is 0 Å². The molecule has 0 spiro atoms. The minimum absolute atomic E-state index is 0.184. The van der Waals surface area contributed by atoms with Crippen LogP contribution < -0.4 is 16.8 Å². The summed E-state index contributed by atoms with van der Waals surface area (Å²) in [4.78, 5) is 7.51.